The number of nitro benzene ring substituents is 2. The minimum atomic E-state index is -0.419. The molecule has 0 aliphatic heterocycles. The van der Waals surface area contributed by atoms with E-state index in [1.54, 1.807) is 30.3 Å². The topological polar surface area (TPSA) is 104 Å². The van der Waals surface area contributed by atoms with E-state index in [0.29, 0.717) is 16.4 Å². The van der Waals surface area contributed by atoms with Crippen LogP contribution in [-0.2, 0) is 0 Å². The summed E-state index contributed by atoms with van der Waals surface area (Å²) in [6.07, 6.45) is 4.41. The fourth-order valence-electron chi connectivity index (χ4n) is 4.18. The van der Waals surface area contributed by atoms with E-state index >= 15 is 0 Å². The van der Waals surface area contributed by atoms with Gasteiger partial charge in [-0.2, -0.15) is 0 Å². The van der Waals surface area contributed by atoms with E-state index in [1.807, 2.05) is 5.38 Å². The lowest BCUT2D eigenvalue weighted by atomic mass is 9.85. The fraction of sp³-hybridized carbons (Fsp3) is 0.318. The van der Waals surface area contributed by atoms with Crippen molar-refractivity contribution in [1.29, 1.82) is 0 Å². The lowest BCUT2D eigenvalue weighted by Gasteiger charge is -2.31. The molecule has 2 atom stereocenters. The third-order valence-corrected chi connectivity index (χ3v) is 6.65. The van der Waals surface area contributed by atoms with E-state index in [0.717, 1.165) is 30.5 Å². The third kappa shape index (κ3) is 4.27. The zero-order chi connectivity index (χ0) is 22.0. The summed E-state index contributed by atoms with van der Waals surface area (Å²) >= 11 is 1.43. The third-order valence-electron chi connectivity index (χ3n) is 5.81. The molecule has 31 heavy (non-hydrogen) atoms. The Morgan fingerprint density at radius 3 is 2.39 bits per heavy atom. The molecule has 1 aliphatic rings. The van der Waals surface area contributed by atoms with Gasteiger partial charge in [0.2, 0.25) is 0 Å². The molecule has 3 aromatic rings. The average molecular weight is 439 g/mol. The molecule has 0 N–H and O–H groups in total. The molecule has 2 aromatic carbocycles. The van der Waals surface area contributed by atoms with Gasteiger partial charge in [-0.25, -0.2) is 4.99 Å². The predicted octanol–water partition coefficient (Wildman–Crippen LogP) is 6.02. The minimum absolute atomic E-state index is 0.0315. The Hall–Kier alpha value is -3.33. The highest BCUT2D eigenvalue weighted by atomic mass is 32.1. The molecule has 0 spiro atoms. The summed E-state index contributed by atoms with van der Waals surface area (Å²) < 4.78 is 2.17. The highest BCUT2D eigenvalue weighted by Crippen LogP contribution is 2.37. The van der Waals surface area contributed by atoms with Crippen molar-refractivity contribution in [1.82, 2.24) is 4.57 Å². The Labute approximate surface area is 182 Å². The van der Waals surface area contributed by atoms with Crippen LogP contribution >= 0.6 is 11.3 Å². The van der Waals surface area contributed by atoms with Gasteiger partial charge in [0.1, 0.15) is 5.69 Å². The first-order valence-corrected chi connectivity index (χ1v) is 11.1. The highest BCUT2D eigenvalue weighted by Gasteiger charge is 2.26. The van der Waals surface area contributed by atoms with Crippen molar-refractivity contribution in [3.05, 3.63) is 78.9 Å². The van der Waals surface area contributed by atoms with Crippen LogP contribution in [0, 0.1) is 26.1 Å². The minimum Gasteiger partial charge on any atom is -0.313 e. The molecule has 0 bridgehead atoms. The molecule has 2 unspecified atom stereocenters. The summed E-state index contributed by atoms with van der Waals surface area (Å²) in [5, 5.41) is 24.5. The number of aromatic nitrogens is 1. The van der Waals surface area contributed by atoms with Crippen LogP contribution in [0.5, 0.6) is 0 Å². The smallest absolute Gasteiger partial charge is 0.294 e. The summed E-state index contributed by atoms with van der Waals surface area (Å²) in [6.45, 7) is 2.23. The predicted molar refractivity (Wildman–Crippen MR) is 119 cm³/mol. The normalized spacial score (nSPS) is 19.3. The van der Waals surface area contributed by atoms with Gasteiger partial charge in [-0.05, 0) is 42.5 Å². The number of para-hydroxylation sites is 2. The van der Waals surface area contributed by atoms with E-state index in [4.69, 9.17) is 4.99 Å². The Morgan fingerprint density at radius 2 is 1.71 bits per heavy atom. The molecule has 1 aliphatic carbocycles. The SMILES string of the molecule is CC1CCCCC1n1c(-c2ccc([N+](=O)[O-])cc2)csc1=Nc1ccccc1[N+](=O)[O-]. The summed E-state index contributed by atoms with van der Waals surface area (Å²) in [4.78, 5) is 27.0. The molecule has 0 amide bonds. The van der Waals surface area contributed by atoms with Gasteiger partial charge in [0.25, 0.3) is 11.4 Å². The number of nitro groups is 2. The maximum atomic E-state index is 11.5. The Balaban J connectivity index is 1.89. The second kappa shape index (κ2) is 8.81. The van der Waals surface area contributed by atoms with E-state index in [9.17, 15) is 20.2 Å². The fourth-order valence-corrected chi connectivity index (χ4v) is 5.15. The van der Waals surface area contributed by atoms with Crippen LogP contribution in [0.25, 0.3) is 11.3 Å². The number of non-ortho nitro benzene ring substituents is 1. The number of benzene rings is 2. The van der Waals surface area contributed by atoms with Crippen molar-refractivity contribution in [3.8, 4) is 11.3 Å². The van der Waals surface area contributed by atoms with Gasteiger partial charge < -0.3 is 4.57 Å². The van der Waals surface area contributed by atoms with E-state index in [2.05, 4.69) is 11.5 Å². The Kier molecular flexibility index (Phi) is 5.94. The van der Waals surface area contributed by atoms with Gasteiger partial charge in [0, 0.05) is 29.6 Å². The zero-order valence-corrected chi connectivity index (χ0v) is 17.8. The average Bonchev–Trinajstić information content (AvgIpc) is 3.17. The molecule has 4 rings (SSSR count). The Morgan fingerprint density at radius 1 is 1.00 bits per heavy atom. The van der Waals surface area contributed by atoms with Crippen molar-refractivity contribution in [3.63, 3.8) is 0 Å². The lowest BCUT2D eigenvalue weighted by Crippen LogP contribution is -2.28. The standard InChI is InChI=1S/C22H22N4O4S/c1-15-6-2-4-8-19(15)24-21(16-10-12-17(13-11-16)25(27)28)14-31-22(24)23-18-7-3-5-9-20(18)26(29)30/h3,5,7,9-15,19H,2,4,6,8H2,1H3. The van der Waals surface area contributed by atoms with Gasteiger partial charge in [-0.3, -0.25) is 20.2 Å². The van der Waals surface area contributed by atoms with Crippen LogP contribution in [0.4, 0.5) is 17.1 Å². The zero-order valence-electron chi connectivity index (χ0n) is 17.0. The molecule has 1 aromatic heterocycles. The first-order chi connectivity index (χ1) is 15.0. The number of rotatable bonds is 5. The molecule has 9 heteroatoms. The summed E-state index contributed by atoms with van der Waals surface area (Å²) in [7, 11) is 0. The second-order valence-electron chi connectivity index (χ2n) is 7.76. The van der Waals surface area contributed by atoms with Crippen LogP contribution in [0.2, 0.25) is 0 Å². The van der Waals surface area contributed by atoms with Crippen molar-refractivity contribution < 1.29 is 9.85 Å². The van der Waals surface area contributed by atoms with Crippen LogP contribution in [0.1, 0.15) is 38.6 Å². The monoisotopic (exact) mass is 438 g/mol. The molecular weight excluding hydrogens is 416 g/mol. The first-order valence-electron chi connectivity index (χ1n) is 10.2. The second-order valence-corrected chi connectivity index (χ2v) is 8.60. The maximum absolute atomic E-state index is 11.5. The van der Waals surface area contributed by atoms with Gasteiger partial charge in [0.15, 0.2) is 4.80 Å². The van der Waals surface area contributed by atoms with E-state index in [-0.39, 0.29) is 17.4 Å². The van der Waals surface area contributed by atoms with Crippen LogP contribution in [0.15, 0.2) is 58.9 Å². The molecule has 1 saturated carbocycles. The molecule has 0 radical (unpaired) electrons. The van der Waals surface area contributed by atoms with E-state index in [1.165, 1.54) is 36.0 Å². The lowest BCUT2D eigenvalue weighted by molar-refractivity contribution is -0.384. The van der Waals surface area contributed by atoms with Crippen molar-refractivity contribution in [2.24, 2.45) is 10.9 Å². The maximum Gasteiger partial charge on any atom is 0.294 e. The highest BCUT2D eigenvalue weighted by molar-refractivity contribution is 7.07. The number of hydrogen-bond donors (Lipinski definition) is 0. The van der Waals surface area contributed by atoms with Gasteiger partial charge >= 0.3 is 0 Å². The molecule has 160 valence electrons. The van der Waals surface area contributed by atoms with Gasteiger partial charge in [-0.15, -0.1) is 11.3 Å². The van der Waals surface area contributed by atoms with Gasteiger partial charge in [0.05, 0.1) is 15.5 Å². The van der Waals surface area contributed by atoms with Gasteiger partial charge in [-0.1, -0.05) is 31.9 Å². The molecular formula is C22H22N4O4S. The van der Waals surface area contributed by atoms with Crippen molar-refractivity contribution in [2.75, 3.05) is 0 Å². The number of nitrogens with zero attached hydrogens (tertiary/aromatic N) is 4. The van der Waals surface area contributed by atoms with E-state index < -0.39 is 9.85 Å². The molecule has 0 saturated heterocycles. The van der Waals surface area contributed by atoms with Crippen LogP contribution < -0.4 is 4.80 Å². The van der Waals surface area contributed by atoms with Crippen molar-refractivity contribution >= 4 is 28.4 Å². The molecule has 1 fully saturated rings. The largest absolute Gasteiger partial charge is 0.313 e. The van der Waals surface area contributed by atoms with Crippen LogP contribution in [-0.4, -0.2) is 14.4 Å². The molecule has 1 heterocycles. The Bertz CT molecular complexity index is 1180. The van der Waals surface area contributed by atoms with Crippen LogP contribution in [0.3, 0.4) is 0 Å². The first kappa shape index (κ1) is 20.9. The molecule has 8 nitrogen and oxygen atoms in total. The number of thiazole rings is 1. The quantitative estimate of drug-likeness (QED) is 0.359. The summed E-state index contributed by atoms with van der Waals surface area (Å²) in [5.74, 6) is 0.435. The van der Waals surface area contributed by atoms with Crippen molar-refractivity contribution in [2.45, 2.75) is 38.6 Å². The number of hydrogen-bond acceptors (Lipinski definition) is 6. The summed E-state index contributed by atoms with van der Waals surface area (Å²) in [6, 6.07) is 13.2. The summed E-state index contributed by atoms with van der Waals surface area (Å²) in [5.41, 5.74) is 2.12.